The number of aromatic nitrogens is 1. The van der Waals surface area contributed by atoms with E-state index in [9.17, 15) is 0 Å². The summed E-state index contributed by atoms with van der Waals surface area (Å²) < 4.78 is 0. The lowest BCUT2D eigenvalue weighted by atomic mass is 9.99. The van der Waals surface area contributed by atoms with Crippen LogP contribution in [-0.4, -0.2) is 12.0 Å². The van der Waals surface area contributed by atoms with E-state index in [-0.39, 0.29) is 6.04 Å². The summed E-state index contributed by atoms with van der Waals surface area (Å²) in [4.78, 5) is 6.97. The molecule has 1 unspecified atom stereocenters. The van der Waals surface area contributed by atoms with Gasteiger partial charge in [0.2, 0.25) is 0 Å². The molecule has 0 saturated heterocycles. The molecule has 0 aliphatic heterocycles. The van der Waals surface area contributed by atoms with Gasteiger partial charge >= 0.3 is 0 Å². The first-order valence-corrected chi connectivity index (χ1v) is 7.59. The first kappa shape index (κ1) is 13.3. The summed E-state index contributed by atoms with van der Waals surface area (Å²) in [6.07, 6.45) is 3.79. The highest BCUT2D eigenvalue weighted by molar-refractivity contribution is 7.12. The van der Waals surface area contributed by atoms with Crippen molar-refractivity contribution in [3.63, 3.8) is 0 Å². The lowest BCUT2D eigenvalue weighted by molar-refractivity contribution is 0.709. The van der Waals surface area contributed by atoms with Crippen LogP contribution in [0.5, 0.6) is 0 Å². The maximum Gasteiger partial charge on any atom is 0.0674 e. The molecule has 3 aromatic rings. The molecule has 0 saturated carbocycles. The minimum atomic E-state index is 0.235. The SMILES string of the molecule is CNC(c1cc(C)c(C)s1)c1cccc2cnccc12. The molecule has 0 amide bonds. The minimum absolute atomic E-state index is 0.235. The number of fused-ring (bicyclic) bond motifs is 1. The molecule has 1 aromatic carbocycles. The van der Waals surface area contributed by atoms with Crippen LogP contribution in [0.4, 0.5) is 0 Å². The Labute approximate surface area is 123 Å². The molecule has 20 heavy (non-hydrogen) atoms. The summed E-state index contributed by atoms with van der Waals surface area (Å²) in [5.41, 5.74) is 2.68. The quantitative estimate of drug-likeness (QED) is 0.778. The second kappa shape index (κ2) is 5.35. The molecule has 102 valence electrons. The molecule has 2 heterocycles. The van der Waals surface area contributed by atoms with Gasteiger partial charge in [-0.1, -0.05) is 18.2 Å². The summed E-state index contributed by atoms with van der Waals surface area (Å²) in [5, 5.41) is 5.92. The van der Waals surface area contributed by atoms with E-state index in [0.29, 0.717) is 0 Å². The zero-order chi connectivity index (χ0) is 14.1. The normalized spacial score (nSPS) is 12.8. The Kier molecular flexibility index (Phi) is 3.55. The van der Waals surface area contributed by atoms with Crippen molar-refractivity contribution in [1.29, 1.82) is 0 Å². The number of pyridine rings is 1. The van der Waals surface area contributed by atoms with Crippen LogP contribution in [0.3, 0.4) is 0 Å². The summed E-state index contributed by atoms with van der Waals surface area (Å²) in [6.45, 7) is 4.36. The molecular weight excluding hydrogens is 264 g/mol. The number of rotatable bonds is 3. The zero-order valence-electron chi connectivity index (χ0n) is 12.0. The van der Waals surface area contributed by atoms with E-state index >= 15 is 0 Å². The average Bonchev–Trinajstić information content (AvgIpc) is 2.79. The fourth-order valence-electron chi connectivity index (χ4n) is 2.59. The highest BCUT2D eigenvalue weighted by atomic mass is 32.1. The third-order valence-electron chi connectivity index (χ3n) is 3.78. The van der Waals surface area contributed by atoms with E-state index in [4.69, 9.17) is 0 Å². The van der Waals surface area contributed by atoms with Crippen molar-refractivity contribution >= 4 is 22.1 Å². The molecule has 0 aliphatic rings. The van der Waals surface area contributed by atoms with Crippen molar-refractivity contribution in [2.75, 3.05) is 7.05 Å². The molecule has 1 atom stereocenters. The van der Waals surface area contributed by atoms with Gasteiger partial charge < -0.3 is 5.32 Å². The second-order valence-electron chi connectivity index (χ2n) is 5.05. The summed E-state index contributed by atoms with van der Waals surface area (Å²) in [5.74, 6) is 0. The first-order chi connectivity index (χ1) is 9.70. The molecular formula is C17H18N2S. The average molecular weight is 282 g/mol. The number of thiophene rings is 1. The van der Waals surface area contributed by atoms with Gasteiger partial charge in [-0.25, -0.2) is 0 Å². The van der Waals surface area contributed by atoms with Crippen molar-refractivity contribution in [1.82, 2.24) is 10.3 Å². The third-order valence-corrected chi connectivity index (χ3v) is 5.00. The maximum absolute atomic E-state index is 4.21. The molecule has 0 bridgehead atoms. The van der Waals surface area contributed by atoms with Gasteiger partial charge in [0.05, 0.1) is 6.04 Å². The zero-order valence-corrected chi connectivity index (χ0v) is 12.8. The van der Waals surface area contributed by atoms with E-state index in [2.05, 4.69) is 54.5 Å². The lowest BCUT2D eigenvalue weighted by Gasteiger charge is -2.17. The highest BCUT2D eigenvalue weighted by Gasteiger charge is 2.17. The summed E-state index contributed by atoms with van der Waals surface area (Å²) >= 11 is 1.87. The Hall–Kier alpha value is -1.71. The van der Waals surface area contributed by atoms with E-state index in [1.54, 1.807) is 0 Å². The fourth-order valence-corrected chi connectivity index (χ4v) is 3.77. The predicted octanol–water partition coefficient (Wildman–Crippen LogP) is 4.22. The number of nitrogens with zero attached hydrogens (tertiary/aromatic N) is 1. The van der Waals surface area contributed by atoms with Crippen LogP contribution in [0.15, 0.2) is 42.7 Å². The fraction of sp³-hybridized carbons (Fsp3) is 0.235. The molecule has 0 aliphatic carbocycles. The Morgan fingerprint density at radius 3 is 2.75 bits per heavy atom. The van der Waals surface area contributed by atoms with E-state index in [1.807, 2.05) is 30.8 Å². The molecule has 2 aromatic heterocycles. The topological polar surface area (TPSA) is 24.9 Å². The van der Waals surface area contributed by atoms with Crippen LogP contribution in [0.2, 0.25) is 0 Å². The first-order valence-electron chi connectivity index (χ1n) is 6.77. The standard InChI is InChI=1S/C17H18N2S/c1-11-9-16(20-12(11)2)17(18-3)15-6-4-5-13-10-19-8-7-14(13)15/h4-10,17-18H,1-3H3. The van der Waals surface area contributed by atoms with Gasteiger partial charge in [-0.2, -0.15) is 0 Å². The van der Waals surface area contributed by atoms with Gasteiger partial charge in [0, 0.05) is 27.5 Å². The van der Waals surface area contributed by atoms with Crippen LogP contribution in [0.1, 0.15) is 26.9 Å². The molecule has 3 rings (SSSR count). The number of nitrogens with one attached hydrogen (secondary N) is 1. The van der Waals surface area contributed by atoms with Crippen LogP contribution in [-0.2, 0) is 0 Å². The van der Waals surface area contributed by atoms with Crippen molar-refractivity contribution < 1.29 is 0 Å². The van der Waals surface area contributed by atoms with Gasteiger partial charge in [0.25, 0.3) is 0 Å². The van der Waals surface area contributed by atoms with E-state index < -0.39 is 0 Å². The summed E-state index contributed by atoms with van der Waals surface area (Å²) in [7, 11) is 2.02. The minimum Gasteiger partial charge on any atom is -0.309 e. The van der Waals surface area contributed by atoms with Crippen LogP contribution < -0.4 is 5.32 Å². The number of hydrogen-bond acceptors (Lipinski definition) is 3. The van der Waals surface area contributed by atoms with Gasteiger partial charge in [-0.3, -0.25) is 4.98 Å². The number of benzene rings is 1. The monoisotopic (exact) mass is 282 g/mol. The van der Waals surface area contributed by atoms with Crippen molar-refractivity contribution in [2.45, 2.75) is 19.9 Å². The Morgan fingerprint density at radius 1 is 1.20 bits per heavy atom. The molecule has 0 fully saturated rings. The van der Waals surface area contributed by atoms with Gasteiger partial charge in [0.15, 0.2) is 0 Å². The predicted molar refractivity (Wildman–Crippen MR) is 86.4 cm³/mol. The van der Waals surface area contributed by atoms with E-state index in [1.165, 1.54) is 31.7 Å². The van der Waals surface area contributed by atoms with Gasteiger partial charge in [0.1, 0.15) is 0 Å². The van der Waals surface area contributed by atoms with Crippen LogP contribution in [0, 0.1) is 13.8 Å². The maximum atomic E-state index is 4.21. The van der Waals surface area contributed by atoms with Gasteiger partial charge in [-0.15, -0.1) is 11.3 Å². The number of aryl methyl sites for hydroxylation is 2. The second-order valence-corrected chi connectivity index (χ2v) is 6.34. The number of hydrogen-bond donors (Lipinski definition) is 1. The van der Waals surface area contributed by atoms with Crippen molar-refractivity contribution in [3.05, 3.63) is 63.6 Å². The van der Waals surface area contributed by atoms with E-state index in [0.717, 1.165) is 0 Å². The smallest absolute Gasteiger partial charge is 0.0674 e. The Morgan fingerprint density at radius 2 is 2.05 bits per heavy atom. The van der Waals surface area contributed by atoms with Crippen LogP contribution in [0.25, 0.3) is 10.8 Å². The van der Waals surface area contributed by atoms with Crippen molar-refractivity contribution in [3.8, 4) is 0 Å². The third kappa shape index (κ3) is 2.23. The molecule has 0 radical (unpaired) electrons. The molecule has 0 spiro atoms. The molecule has 1 N–H and O–H groups in total. The lowest BCUT2D eigenvalue weighted by Crippen LogP contribution is -2.16. The largest absolute Gasteiger partial charge is 0.309 e. The van der Waals surface area contributed by atoms with Crippen molar-refractivity contribution in [2.24, 2.45) is 0 Å². The van der Waals surface area contributed by atoms with Gasteiger partial charge in [-0.05, 0) is 49.5 Å². The Bertz CT molecular complexity index is 721. The summed E-state index contributed by atoms with van der Waals surface area (Å²) in [6, 6.07) is 11.1. The highest BCUT2D eigenvalue weighted by Crippen LogP contribution is 2.33. The molecule has 2 nitrogen and oxygen atoms in total. The Balaban J connectivity index is 2.16. The van der Waals surface area contributed by atoms with Crippen LogP contribution >= 0.6 is 11.3 Å². The molecule has 3 heteroatoms.